The third kappa shape index (κ3) is 19.2. The van der Waals surface area contributed by atoms with Gasteiger partial charge in [0.1, 0.15) is 0 Å². The maximum Gasteiger partial charge on any atom is 0.679 e. The van der Waals surface area contributed by atoms with E-state index in [9.17, 15) is 4.80 Å². The molecule has 0 radical (unpaired) electrons. The lowest BCUT2D eigenvalue weighted by molar-refractivity contribution is -0.0247. The van der Waals surface area contributed by atoms with Crippen molar-refractivity contribution in [2.75, 3.05) is 52.9 Å². The van der Waals surface area contributed by atoms with Crippen LogP contribution in [0, 0.1) is 0 Å². The summed E-state index contributed by atoms with van der Waals surface area (Å²) in [4.78, 5) is 9.48. The molecule has 0 saturated carbocycles. The summed E-state index contributed by atoms with van der Waals surface area (Å²) in [5, 5.41) is 7.57. The highest BCUT2D eigenvalue weighted by Crippen LogP contribution is 2.11. The molecule has 0 amide bonds. The van der Waals surface area contributed by atoms with Crippen molar-refractivity contribution in [1.82, 2.24) is 0 Å². The van der Waals surface area contributed by atoms with E-state index in [0.717, 1.165) is 0 Å². The van der Waals surface area contributed by atoms with E-state index < -0.39 is 18.1 Å². The normalized spacial score (nSPS) is 11.3. The van der Waals surface area contributed by atoms with Crippen molar-refractivity contribution in [3.05, 3.63) is 0 Å². The first-order valence-corrected chi connectivity index (χ1v) is 13.0. The minimum absolute atomic E-state index is 0.250. The van der Waals surface area contributed by atoms with Crippen molar-refractivity contribution in [2.24, 2.45) is 0 Å². The Bertz CT molecular complexity index is 240. The van der Waals surface area contributed by atoms with E-state index in [1.54, 1.807) is 27.7 Å². The zero-order chi connectivity index (χ0) is 21.6. The van der Waals surface area contributed by atoms with Crippen LogP contribution in [0.3, 0.4) is 0 Å². The Hall–Kier alpha value is 0.0738. The van der Waals surface area contributed by atoms with Gasteiger partial charge in [-0.05, 0) is 55.4 Å². The van der Waals surface area contributed by atoms with Crippen molar-refractivity contribution in [3.63, 3.8) is 0 Å². The van der Waals surface area contributed by atoms with E-state index in [1.807, 2.05) is 27.7 Å². The van der Waals surface area contributed by atoms with E-state index >= 15 is 0 Å². The molecule has 0 aromatic heterocycles. The summed E-state index contributed by atoms with van der Waals surface area (Å²) >= 11 is 0. The van der Waals surface area contributed by atoms with Crippen LogP contribution in [0.5, 0.6) is 0 Å². The smallest absolute Gasteiger partial charge is 0.397 e. The lowest BCUT2D eigenvalue weighted by atomic mass is 10.9. The standard InChI is InChI=1S/C8H20O4Si.C6H16O4Si.C2H6O/c1-5-9-13(10-6-2,11-7-3)12-8-4;1-4-8-11(7,9-5-2)10-6-3;1-2-3/h5-8H2,1-4H3;7H,4-6H2,1-3H3;3H,2H2,1H3. The molecule has 0 fully saturated rings. The maximum absolute atomic E-state index is 9.48. The summed E-state index contributed by atoms with van der Waals surface area (Å²) in [5.41, 5.74) is 0. The van der Waals surface area contributed by atoms with Crippen molar-refractivity contribution in [3.8, 4) is 0 Å². The molecular formula is C16H42O9Si2. The van der Waals surface area contributed by atoms with E-state index in [2.05, 4.69) is 0 Å². The molecule has 0 aliphatic heterocycles. The molecule has 0 atom stereocenters. The molecule has 0 spiro atoms. The van der Waals surface area contributed by atoms with Crippen LogP contribution in [-0.2, 0) is 31.0 Å². The molecule has 0 aromatic carbocycles. The molecule has 0 aliphatic carbocycles. The first kappa shape index (κ1) is 31.8. The molecule has 9 nitrogen and oxygen atoms in total. The quantitative estimate of drug-likeness (QED) is 0.398. The second-order valence-corrected chi connectivity index (χ2v) is 8.44. The molecule has 11 heteroatoms. The molecule has 0 aliphatic rings. The third-order valence-electron chi connectivity index (χ3n) is 2.26. The SMILES string of the molecule is CCO.CCO[Si](O)(OCC)OCC.CCO[Si](OCC)(OCC)OCC. The van der Waals surface area contributed by atoms with Gasteiger partial charge < -0.3 is 40.9 Å². The van der Waals surface area contributed by atoms with Gasteiger partial charge in [0.2, 0.25) is 0 Å². The lowest BCUT2D eigenvalue weighted by Crippen LogP contribution is -2.49. The van der Waals surface area contributed by atoms with Crippen LogP contribution in [-0.4, -0.2) is 80.9 Å². The predicted octanol–water partition coefficient (Wildman–Crippen LogP) is 2.09. The van der Waals surface area contributed by atoms with Gasteiger partial charge >= 0.3 is 18.1 Å². The van der Waals surface area contributed by atoms with Crippen molar-refractivity contribution in [2.45, 2.75) is 55.4 Å². The van der Waals surface area contributed by atoms with Gasteiger partial charge in [-0.1, -0.05) is 0 Å². The lowest BCUT2D eigenvalue weighted by Gasteiger charge is -2.26. The number of hydrogen-bond donors (Lipinski definition) is 2. The molecular weight excluding hydrogens is 392 g/mol. The monoisotopic (exact) mass is 434 g/mol. The van der Waals surface area contributed by atoms with Crippen LogP contribution in [0.1, 0.15) is 55.4 Å². The number of aliphatic hydroxyl groups is 1. The largest absolute Gasteiger partial charge is 0.679 e. The van der Waals surface area contributed by atoms with Crippen LogP contribution >= 0.6 is 0 Å². The Morgan fingerprint density at radius 2 is 0.667 bits per heavy atom. The topological polar surface area (TPSA) is 105 Å². The third-order valence-corrected chi connectivity index (χ3v) is 6.79. The number of rotatable bonds is 14. The summed E-state index contributed by atoms with van der Waals surface area (Å²) in [6.45, 7) is 18.3. The highest BCUT2D eigenvalue weighted by Gasteiger charge is 2.44. The highest BCUT2D eigenvalue weighted by molar-refractivity contribution is 6.53. The molecule has 0 bridgehead atoms. The Labute approximate surface area is 167 Å². The second kappa shape index (κ2) is 22.4. The fourth-order valence-corrected chi connectivity index (χ4v) is 4.89. The van der Waals surface area contributed by atoms with Crippen molar-refractivity contribution < 1.29 is 40.9 Å². The minimum atomic E-state index is -3.25. The van der Waals surface area contributed by atoms with Gasteiger partial charge in [0.05, 0.1) is 0 Å². The Kier molecular flexibility index (Phi) is 26.3. The van der Waals surface area contributed by atoms with Crippen molar-refractivity contribution in [1.29, 1.82) is 0 Å². The van der Waals surface area contributed by atoms with Gasteiger partial charge in [-0.3, -0.25) is 0 Å². The summed E-state index contributed by atoms with van der Waals surface area (Å²) in [6.07, 6.45) is 0. The Morgan fingerprint density at radius 1 is 0.481 bits per heavy atom. The van der Waals surface area contributed by atoms with E-state index in [0.29, 0.717) is 46.2 Å². The molecule has 27 heavy (non-hydrogen) atoms. The molecule has 0 unspecified atom stereocenters. The average Bonchev–Trinajstić information content (AvgIpc) is 2.58. The Balaban J connectivity index is -0.000000376. The van der Waals surface area contributed by atoms with Gasteiger partial charge in [-0.25, -0.2) is 0 Å². The summed E-state index contributed by atoms with van der Waals surface area (Å²) in [5.74, 6) is 0. The van der Waals surface area contributed by atoms with Crippen LogP contribution in [0.4, 0.5) is 0 Å². The zero-order valence-corrected chi connectivity index (χ0v) is 20.4. The fraction of sp³-hybridized carbons (Fsp3) is 1.00. The van der Waals surface area contributed by atoms with Crippen molar-refractivity contribution >= 4 is 18.1 Å². The highest BCUT2D eigenvalue weighted by atomic mass is 28.4. The summed E-state index contributed by atoms with van der Waals surface area (Å²) in [6, 6.07) is 0. The van der Waals surface area contributed by atoms with Crippen LogP contribution in [0.15, 0.2) is 0 Å². The van der Waals surface area contributed by atoms with Crippen LogP contribution < -0.4 is 0 Å². The summed E-state index contributed by atoms with van der Waals surface area (Å²) < 4.78 is 36.6. The second-order valence-electron chi connectivity index (χ2n) is 4.37. The molecule has 0 rings (SSSR count). The molecule has 0 heterocycles. The van der Waals surface area contributed by atoms with Gasteiger partial charge in [0.25, 0.3) is 0 Å². The average molecular weight is 435 g/mol. The van der Waals surface area contributed by atoms with E-state index in [-0.39, 0.29) is 6.61 Å². The molecule has 0 saturated heterocycles. The van der Waals surface area contributed by atoms with E-state index in [1.165, 1.54) is 0 Å². The first-order valence-electron chi connectivity index (χ1n) is 9.65. The molecule has 168 valence electrons. The molecule has 0 aromatic rings. The predicted molar refractivity (Wildman–Crippen MR) is 108 cm³/mol. The van der Waals surface area contributed by atoms with Crippen LogP contribution in [0.25, 0.3) is 0 Å². The minimum Gasteiger partial charge on any atom is -0.397 e. The zero-order valence-electron chi connectivity index (χ0n) is 18.4. The van der Waals surface area contributed by atoms with Gasteiger partial charge in [0, 0.05) is 52.9 Å². The number of aliphatic hydroxyl groups excluding tert-OH is 1. The maximum atomic E-state index is 9.48. The fourth-order valence-electron chi connectivity index (χ4n) is 1.63. The number of hydrogen-bond acceptors (Lipinski definition) is 9. The van der Waals surface area contributed by atoms with Crippen LogP contribution in [0.2, 0.25) is 0 Å². The first-order chi connectivity index (χ1) is 12.8. The van der Waals surface area contributed by atoms with Gasteiger partial charge in [-0.2, -0.15) is 0 Å². The van der Waals surface area contributed by atoms with Gasteiger partial charge in [0.15, 0.2) is 0 Å². The van der Waals surface area contributed by atoms with Gasteiger partial charge in [-0.15, -0.1) is 0 Å². The van der Waals surface area contributed by atoms with E-state index in [4.69, 9.17) is 36.1 Å². The summed E-state index contributed by atoms with van der Waals surface area (Å²) in [7, 11) is -6.04. The molecule has 2 N–H and O–H groups in total. The Morgan fingerprint density at radius 3 is 0.815 bits per heavy atom.